The molecule has 0 atom stereocenters. The van der Waals surface area contributed by atoms with Gasteiger partial charge in [-0.05, 0) is 87.9 Å². The molecule has 0 radical (unpaired) electrons. The zero-order chi connectivity index (χ0) is 29.4. The lowest BCUT2D eigenvalue weighted by Gasteiger charge is -2.19. The number of nitrogens with one attached hydrogen (secondary N) is 1. The second-order valence-electron chi connectivity index (χ2n) is 10.4. The Labute approximate surface area is 240 Å². The summed E-state index contributed by atoms with van der Waals surface area (Å²) in [7, 11) is 2.98. The molecule has 1 aromatic carbocycles. The van der Waals surface area contributed by atoms with Crippen LogP contribution in [-0.4, -0.2) is 53.5 Å². The van der Waals surface area contributed by atoms with E-state index in [1.165, 1.54) is 7.11 Å². The van der Waals surface area contributed by atoms with E-state index in [0.29, 0.717) is 42.1 Å². The van der Waals surface area contributed by atoms with Crippen molar-refractivity contribution in [2.45, 2.75) is 59.0 Å². The quantitative estimate of drug-likeness (QED) is 0.189. The second kappa shape index (κ2) is 13.5. The minimum absolute atomic E-state index is 0.0798. The average molecular weight is 568 g/mol. The van der Waals surface area contributed by atoms with E-state index in [-0.39, 0.29) is 5.70 Å². The van der Waals surface area contributed by atoms with Crippen LogP contribution in [0.4, 0.5) is 4.79 Å². The lowest BCUT2D eigenvalue weighted by Crippen LogP contribution is -2.33. The van der Waals surface area contributed by atoms with E-state index in [4.69, 9.17) is 26.8 Å². The number of allylic oxidation sites excluding steroid dienone is 1. The van der Waals surface area contributed by atoms with E-state index in [2.05, 4.69) is 15.3 Å². The topological polar surface area (TPSA) is 120 Å². The smallest absolute Gasteiger partial charge is 0.407 e. The average Bonchev–Trinajstić information content (AvgIpc) is 3.31. The third-order valence-electron chi connectivity index (χ3n) is 6.39. The van der Waals surface area contributed by atoms with Crippen molar-refractivity contribution in [1.29, 1.82) is 0 Å². The molecule has 0 aliphatic heterocycles. The monoisotopic (exact) mass is 567 g/mol. The number of nitrogens with two attached hydrogens (primary N) is 1. The standard InChI is InChI=1S/C30H38ClN5O4/c1-19(33-5)24(27(32)28(37)39-6)9-7-8-20-16-22(31)11-12-25(20)21-10-13-26-35-17-23(36(26)18-21)14-15-34-29(38)40-30(2,3)4/h10-13,16-18H,7-9,14-15,32H2,1-6H3,(H,34,38). The third kappa shape index (κ3) is 8.08. The summed E-state index contributed by atoms with van der Waals surface area (Å²) in [6.45, 7) is 7.74. The number of hydrogen-bond acceptors (Lipinski definition) is 7. The van der Waals surface area contributed by atoms with Crippen LogP contribution in [0.5, 0.6) is 0 Å². The highest BCUT2D eigenvalue weighted by Crippen LogP contribution is 2.29. The fourth-order valence-corrected chi connectivity index (χ4v) is 4.56. The zero-order valence-electron chi connectivity index (χ0n) is 24.0. The molecule has 3 N–H and O–H groups in total. The Morgan fingerprint density at radius 1 is 1.18 bits per heavy atom. The number of esters is 1. The molecule has 2 aromatic heterocycles. The Morgan fingerprint density at radius 2 is 1.93 bits per heavy atom. The number of ether oxygens (including phenoxy) is 2. The van der Waals surface area contributed by atoms with E-state index < -0.39 is 17.7 Å². The largest absolute Gasteiger partial charge is 0.464 e. The molecule has 0 unspecified atom stereocenters. The number of aromatic nitrogens is 2. The Morgan fingerprint density at radius 3 is 2.60 bits per heavy atom. The number of hydrogen-bond donors (Lipinski definition) is 2. The number of pyridine rings is 1. The summed E-state index contributed by atoms with van der Waals surface area (Å²) in [5.74, 6) is -0.563. The van der Waals surface area contributed by atoms with Crippen LogP contribution in [-0.2, 0) is 27.1 Å². The number of aryl methyl sites for hydroxylation is 1. The molecule has 10 heteroatoms. The van der Waals surface area contributed by atoms with E-state index in [1.54, 1.807) is 7.05 Å². The summed E-state index contributed by atoms with van der Waals surface area (Å²) in [6, 6.07) is 9.86. The lowest BCUT2D eigenvalue weighted by atomic mass is 9.94. The number of amides is 1. The molecule has 1 amide bonds. The Kier molecular flexibility index (Phi) is 10.3. The van der Waals surface area contributed by atoms with Crippen molar-refractivity contribution in [3.05, 3.63) is 70.3 Å². The number of alkyl carbamates (subject to hydrolysis) is 1. The van der Waals surface area contributed by atoms with Gasteiger partial charge in [0.2, 0.25) is 0 Å². The van der Waals surface area contributed by atoms with Gasteiger partial charge in [-0.15, -0.1) is 0 Å². The number of carbonyl (C=O) groups is 2. The molecule has 214 valence electrons. The zero-order valence-corrected chi connectivity index (χ0v) is 24.8. The Bertz CT molecular complexity index is 1440. The summed E-state index contributed by atoms with van der Waals surface area (Å²) in [4.78, 5) is 32.8. The molecule has 0 saturated heterocycles. The van der Waals surface area contributed by atoms with Crippen molar-refractivity contribution in [1.82, 2.24) is 14.7 Å². The van der Waals surface area contributed by atoms with Crippen LogP contribution >= 0.6 is 11.6 Å². The highest BCUT2D eigenvalue weighted by Gasteiger charge is 2.17. The SMILES string of the molecule is CN=C(C)C(CCCc1cc(Cl)ccc1-c1ccc2ncc(CCNC(=O)OC(C)(C)C)n2c1)=C(N)C(=O)OC. The summed E-state index contributed by atoms with van der Waals surface area (Å²) in [5, 5.41) is 3.45. The van der Waals surface area contributed by atoms with E-state index in [9.17, 15) is 9.59 Å². The maximum Gasteiger partial charge on any atom is 0.407 e. The lowest BCUT2D eigenvalue weighted by molar-refractivity contribution is -0.136. The number of imidazole rings is 1. The predicted molar refractivity (Wildman–Crippen MR) is 159 cm³/mol. The number of aliphatic imine (C=N–C) groups is 1. The summed E-state index contributed by atoms with van der Waals surface area (Å²) >= 11 is 6.39. The number of carbonyl (C=O) groups excluding carboxylic acids is 2. The molecule has 2 heterocycles. The molecule has 0 bridgehead atoms. The molecule has 40 heavy (non-hydrogen) atoms. The molecular weight excluding hydrogens is 530 g/mol. The summed E-state index contributed by atoms with van der Waals surface area (Å²) in [6.07, 6.45) is 6.00. The first-order valence-electron chi connectivity index (χ1n) is 13.2. The van der Waals surface area contributed by atoms with Crippen LogP contribution in [0.1, 0.15) is 51.8 Å². The number of halogens is 1. The summed E-state index contributed by atoms with van der Waals surface area (Å²) < 4.78 is 12.2. The van der Waals surface area contributed by atoms with Gasteiger partial charge in [0.15, 0.2) is 0 Å². The van der Waals surface area contributed by atoms with Crippen LogP contribution in [0, 0.1) is 0 Å². The van der Waals surface area contributed by atoms with E-state index >= 15 is 0 Å². The first-order valence-corrected chi connectivity index (χ1v) is 13.5. The maximum absolute atomic E-state index is 12.0. The van der Waals surface area contributed by atoms with Gasteiger partial charge in [0, 0.05) is 54.4 Å². The minimum Gasteiger partial charge on any atom is -0.464 e. The maximum atomic E-state index is 12.0. The van der Waals surface area contributed by atoms with Crippen molar-refractivity contribution in [3.8, 4) is 11.1 Å². The number of nitrogens with zero attached hydrogens (tertiary/aromatic N) is 3. The summed E-state index contributed by atoms with van der Waals surface area (Å²) in [5.41, 5.74) is 11.9. The minimum atomic E-state index is -0.563. The van der Waals surface area contributed by atoms with Gasteiger partial charge in [0.1, 0.15) is 16.9 Å². The molecule has 0 aliphatic rings. The fourth-order valence-electron chi connectivity index (χ4n) is 4.37. The number of benzene rings is 1. The molecular formula is C30H38ClN5O4. The van der Waals surface area contributed by atoms with Gasteiger partial charge in [-0.2, -0.15) is 0 Å². The highest BCUT2D eigenvalue weighted by molar-refractivity contribution is 6.30. The first kappa shape index (κ1) is 30.7. The predicted octanol–water partition coefficient (Wildman–Crippen LogP) is 5.52. The molecule has 3 rings (SSSR count). The second-order valence-corrected chi connectivity index (χ2v) is 10.9. The molecule has 0 spiro atoms. The van der Waals surface area contributed by atoms with Crippen molar-refractivity contribution >= 4 is 35.0 Å². The number of rotatable bonds is 10. The van der Waals surface area contributed by atoms with E-state index in [0.717, 1.165) is 34.5 Å². The van der Waals surface area contributed by atoms with Crippen molar-refractivity contribution in [3.63, 3.8) is 0 Å². The van der Waals surface area contributed by atoms with Crippen molar-refractivity contribution in [2.24, 2.45) is 10.7 Å². The highest BCUT2D eigenvalue weighted by atomic mass is 35.5. The van der Waals surface area contributed by atoms with Gasteiger partial charge in [-0.3, -0.25) is 4.99 Å². The first-order chi connectivity index (χ1) is 18.9. The van der Waals surface area contributed by atoms with E-state index in [1.807, 2.05) is 74.8 Å². The van der Waals surface area contributed by atoms with Crippen molar-refractivity contribution in [2.75, 3.05) is 20.7 Å². The van der Waals surface area contributed by atoms with Crippen LogP contribution < -0.4 is 11.1 Å². The van der Waals surface area contributed by atoms with Crippen LogP contribution in [0.15, 0.2) is 59.0 Å². The fraction of sp³-hybridized carbons (Fsp3) is 0.400. The van der Waals surface area contributed by atoms with Gasteiger partial charge < -0.3 is 24.9 Å². The van der Waals surface area contributed by atoms with Gasteiger partial charge >= 0.3 is 12.1 Å². The Hall–Kier alpha value is -3.85. The molecule has 9 nitrogen and oxygen atoms in total. The van der Waals surface area contributed by atoms with Gasteiger partial charge in [-0.1, -0.05) is 17.7 Å². The van der Waals surface area contributed by atoms with Gasteiger partial charge in [0.25, 0.3) is 0 Å². The van der Waals surface area contributed by atoms with Gasteiger partial charge in [-0.25, -0.2) is 14.6 Å². The van der Waals surface area contributed by atoms with Crippen molar-refractivity contribution < 1.29 is 19.1 Å². The van der Waals surface area contributed by atoms with Crippen LogP contribution in [0.3, 0.4) is 0 Å². The van der Waals surface area contributed by atoms with Gasteiger partial charge in [0.05, 0.1) is 7.11 Å². The normalized spacial score (nSPS) is 12.7. The Balaban J connectivity index is 1.81. The van der Waals surface area contributed by atoms with Crippen LogP contribution in [0.2, 0.25) is 5.02 Å². The van der Waals surface area contributed by atoms with Crippen LogP contribution in [0.25, 0.3) is 16.8 Å². The number of methoxy groups -OCH3 is 1. The third-order valence-corrected chi connectivity index (χ3v) is 6.62. The molecule has 0 aliphatic carbocycles. The number of fused-ring (bicyclic) bond motifs is 1. The molecule has 3 aromatic rings. The molecule has 0 saturated carbocycles. The molecule has 0 fully saturated rings.